The van der Waals surface area contributed by atoms with Crippen molar-refractivity contribution < 1.29 is 0 Å². The van der Waals surface area contributed by atoms with Crippen molar-refractivity contribution in [1.29, 1.82) is 0 Å². The third-order valence-corrected chi connectivity index (χ3v) is 3.37. The van der Waals surface area contributed by atoms with Gasteiger partial charge in [0.25, 0.3) is 0 Å². The molecule has 0 spiro atoms. The molecule has 2 heterocycles. The molecule has 0 amide bonds. The lowest BCUT2D eigenvalue weighted by atomic mass is 10.2. The Balaban J connectivity index is 1.84. The molecule has 0 fully saturated rings. The van der Waals surface area contributed by atoms with Crippen LogP contribution in [0.15, 0.2) is 53.5 Å². The lowest BCUT2D eigenvalue weighted by Gasteiger charge is -2.10. The lowest BCUT2D eigenvalue weighted by Crippen LogP contribution is -2.04. The highest BCUT2D eigenvalue weighted by atomic mass is 32.1. The quantitative estimate of drug-likeness (QED) is 0.780. The molecule has 0 atom stereocenters. The van der Waals surface area contributed by atoms with Gasteiger partial charge in [-0.25, -0.2) is 4.68 Å². The monoisotopic (exact) mass is 256 g/mol. The first-order valence-corrected chi connectivity index (χ1v) is 6.58. The van der Waals surface area contributed by atoms with Crippen molar-refractivity contribution in [3.05, 3.63) is 59.0 Å². The summed E-state index contributed by atoms with van der Waals surface area (Å²) in [7, 11) is 0. The van der Waals surface area contributed by atoms with Gasteiger partial charge in [-0.1, -0.05) is 17.3 Å². The molecule has 5 heteroatoms. The van der Waals surface area contributed by atoms with Crippen molar-refractivity contribution >= 4 is 17.0 Å². The van der Waals surface area contributed by atoms with E-state index in [9.17, 15) is 0 Å². The Hall–Kier alpha value is -2.14. The molecule has 0 radical (unpaired) electrons. The molecule has 1 N–H and O–H groups in total. The molecule has 4 nitrogen and oxygen atoms in total. The van der Waals surface area contributed by atoms with Gasteiger partial charge in [-0.05, 0) is 34.5 Å². The van der Waals surface area contributed by atoms with Crippen LogP contribution < -0.4 is 5.32 Å². The minimum atomic E-state index is 0.815. The van der Waals surface area contributed by atoms with Gasteiger partial charge in [0.05, 0.1) is 23.8 Å². The highest BCUT2D eigenvalue weighted by molar-refractivity contribution is 7.07. The van der Waals surface area contributed by atoms with Crippen molar-refractivity contribution in [2.75, 3.05) is 5.32 Å². The van der Waals surface area contributed by atoms with Crippen LogP contribution >= 0.6 is 11.3 Å². The van der Waals surface area contributed by atoms with E-state index in [0.29, 0.717) is 0 Å². The van der Waals surface area contributed by atoms with Crippen LogP contribution in [0.2, 0.25) is 0 Å². The van der Waals surface area contributed by atoms with Crippen LogP contribution in [0, 0.1) is 0 Å². The normalized spacial score (nSPS) is 10.4. The van der Waals surface area contributed by atoms with Crippen molar-refractivity contribution in [1.82, 2.24) is 15.0 Å². The molecule has 90 valence electrons. The Labute approximate surface area is 109 Å². The molecular weight excluding hydrogens is 244 g/mol. The maximum absolute atomic E-state index is 4.02. The number of aromatic nitrogens is 3. The second-order valence-electron chi connectivity index (χ2n) is 3.85. The number of hydrogen-bond donors (Lipinski definition) is 1. The van der Waals surface area contributed by atoms with Crippen LogP contribution in [0.1, 0.15) is 5.56 Å². The van der Waals surface area contributed by atoms with E-state index in [4.69, 9.17) is 0 Å². The van der Waals surface area contributed by atoms with E-state index in [1.165, 1.54) is 5.56 Å². The van der Waals surface area contributed by atoms with E-state index in [1.807, 2.05) is 30.5 Å². The maximum atomic E-state index is 4.02. The van der Waals surface area contributed by atoms with Crippen LogP contribution in [0.3, 0.4) is 0 Å². The first kappa shape index (κ1) is 11.0. The van der Waals surface area contributed by atoms with Crippen LogP contribution in [-0.4, -0.2) is 15.0 Å². The average molecular weight is 256 g/mol. The molecular formula is C13H12N4S. The molecule has 0 aliphatic rings. The van der Waals surface area contributed by atoms with Crippen molar-refractivity contribution in [2.24, 2.45) is 0 Å². The summed E-state index contributed by atoms with van der Waals surface area (Å²) < 4.78 is 1.76. The summed E-state index contributed by atoms with van der Waals surface area (Å²) in [6.07, 6.45) is 3.51. The Bertz CT molecular complexity index is 602. The number of thiophene rings is 1. The van der Waals surface area contributed by atoms with E-state index < -0.39 is 0 Å². The van der Waals surface area contributed by atoms with E-state index in [1.54, 1.807) is 22.2 Å². The number of anilines is 1. The predicted molar refractivity (Wildman–Crippen MR) is 73.0 cm³/mol. The van der Waals surface area contributed by atoms with Gasteiger partial charge in [0.1, 0.15) is 0 Å². The minimum Gasteiger partial charge on any atom is -0.379 e. The average Bonchev–Trinajstić information content (AvgIpc) is 3.10. The summed E-state index contributed by atoms with van der Waals surface area (Å²) in [5.41, 5.74) is 3.34. The van der Waals surface area contributed by atoms with Crippen LogP contribution in [0.4, 0.5) is 5.69 Å². The summed E-state index contributed by atoms with van der Waals surface area (Å²) >= 11 is 1.71. The Kier molecular flexibility index (Phi) is 3.06. The second-order valence-corrected chi connectivity index (χ2v) is 4.63. The summed E-state index contributed by atoms with van der Waals surface area (Å²) in [4.78, 5) is 0. The number of benzene rings is 1. The maximum Gasteiger partial charge on any atom is 0.0894 e. The first-order valence-electron chi connectivity index (χ1n) is 5.64. The molecule has 0 saturated heterocycles. The van der Waals surface area contributed by atoms with E-state index >= 15 is 0 Å². The van der Waals surface area contributed by atoms with Gasteiger partial charge >= 0.3 is 0 Å². The fourth-order valence-corrected chi connectivity index (χ4v) is 2.42. The molecule has 2 aromatic heterocycles. The van der Waals surface area contributed by atoms with E-state index in [2.05, 4.69) is 32.5 Å². The molecule has 3 aromatic rings. The van der Waals surface area contributed by atoms with E-state index in [0.717, 1.165) is 17.9 Å². The van der Waals surface area contributed by atoms with Crippen LogP contribution in [0.25, 0.3) is 5.69 Å². The molecule has 0 unspecified atom stereocenters. The van der Waals surface area contributed by atoms with Gasteiger partial charge in [-0.2, -0.15) is 11.3 Å². The van der Waals surface area contributed by atoms with Gasteiger partial charge in [-0.3, -0.25) is 0 Å². The fourth-order valence-electron chi connectivity index (χ4n) is 1.75. The summed E-state index contributed by atoms with van der Waals surface area (Å²) in [5.74, 6) is 0. The number of hydrogen-bond acceptors (Lipinski definition) is 4. The van der Waals surface area contributed by atoms with Gasteiger partial charge in [0, 0.05) is 6.54 Å². The topological polar surface area (TPSA) is 42.7 Å². The van der Waals surface area contributed by atoms with Crippen molar-refractivity contribution in [2.45, 2.75) is 6.54 Å². The SMILES string of the molecule is c1ccc(-n2ccnn2)c(NCc2ccsc2)c1. The molecule has 1 aromatic carbocycles. The zero-order valence-corrected chi connectivity index (χ0v) is 10.5. The van der Waals surface area contributed by atoms with Gasteiger partial charge in [0.15, 0.2) is 0 Å². The summed E-state index contributed by atoms with van der Waals surface area (Å²) in [6, 6.07) is 10.2. The summed E-state index contributed by atoms with van der Waals surface area (Å²) in [5, 5.41) is 15.5. The number of nitrogens with one attached hydrogen (secondary N) is 1. The third kappa shape index (κ3) is 2.26. The smallest absolute Gasteiger partial charge is 0.0894 e. The van der Waals surface area contributed by atoms with Gasteiger partial charge in [-0.15, -0.1) is 5.10 Å². The largest absolute Gasteiger partial charge is 0.379 e. The van der Waals surface area contributed by atoms with E-state index in [-0.39, 0.29) is 0 Å². The second kappa shape index (κ2) is 5.01. The molecule has 3 rings (SSSR count). The zero-order chi connectivity index (χ0) is 12.2. The Morgan fingerprint density at radius 3 is 2.94 bits per heavy atom. The molecule has 0 saturated carbocycles. The standard InChI is InChI=1S/C13H12N4S/c1-2-4-13(17-7-6-15-16-17)12(3-1)14-9-11-5-8-18-10-11/h1-8,10,14H,9H2. The lowest BCUT2D eigenvalue weighted by molar-refractivity contribution is 0.803. The number of para-hydroxylation sites is 2. The van der Waals surface area contributed by atoms with Gasteiger partial charge in [0.2, 0.25) is 0 Å². The Morgan fingerprint density at radius 2 is 2.17 bits per heavy atom. The minimum absolute atomic E-state index is 0.815. The van der Waals surface area contributed by atoms with Crippen LogP contribution in [-0.2, 0) is 6.54 Å². The summed E-state index contributed by atoms with van der Waals surface area (Å²) in [6.45, 7) is 0.815. The zero-order valence-electron chi connectivity index (χ0n) is 9.65. The highest BCUT2D eigenvalue weighted by Crippen LogP contribution is 2.19. The number of rotatable bonds is 4. The molecule has 0 aliphatic carbocycles. The Morgan fingerprint density at radius 1 is 1.22 bits per heavy atom. The molecule has 0 bridgehead atoms. The third-order valence-electron chi connectivity index (χ3n) is 2.64. The molecule has 18 heavy (non-hydrogen) atoms. The number of nitrogens with zero attached hydrogens (tertiary/aromatic N) is 3. The predicted octanol–water partition coefficient (Wildman–Crippen LogP) is 2.94. The van der Waals surface area contributed by atoms with Gasteiger partial charge < -0.3 is 5.32 Å². The first-order chi connectivity index (χ1) is 8.93. The van der Waals surface area contributed by atoms with Crippen molar-refractivity contribution in [3.63, 3.8) is 0 Å². The van der Waals surface area contributed by atoms with Crippen molar-refractivity contribution in [3.8, 4) is 5.69 Å². The fraction of sp³-hybridized carbons (Fsp3) is 0.0769. The van der Waals surface area contributed by atoms with Crippen LogP contribution in [0.5, 0.6) is 0 Å². The molecule has 0 aliphatic heterocycles. The highest BCUT2D eigenvalue weighted by Gasteiger charge is 2.04.